The van der Waals surface area contributed by atoms with E-state index in [4.69, 9.17) is 25.7 Å². The van der Waals surface area contributed by atoms with Gasteiger partial charge in [0, 0.05) is 16.9 Å². The average molecular weight is 530 g/mol. The van der Waals surface area contributed by atoms with Crippen molar-refractivity contribution in [2.24, 2.45) is 0 Å². The molecule has 3 aromatic rings. The van der Waals surface area contributed by atoms with Crippen LogP contribution in [0.5, 0.6) is 17.2 Å². The summed E-state index contributed by atoms with van der Waals surface area (Å²) in [7, 11) is 1.23. The molecule has 5 N–H and O–H groups in total. The van der Waals surface area contributed by atoms with Crippen LogP contribution >= 0.6 is 0 Å². The van der Waals surface area contributed by atoms with Crippen LogP contribution in [0.3, 0.4) is 0 Å². The lowest BCUT2D eigenvalue weighted by Crippen LogP contribution is -2.19. The summed E-state index contributed by atoms with van der Waals surface area (Å²) < 4.78 is 52.3. The number of rotatable bonds is 10. The van der Waals surface area contributed by atoms with Crippen molar-refractivity contribution < 1.29 is 42.1 Å². The molecule has 3 rings (SSSR count). The summed E-state index contributed by atoms with van der Waals surface area (Å²) in [5, 5.41) is 9.60. The highest BCUT2D eigenvalue weighted by Crippen LogP contribution is 2.30. The van der Waals surface area contributed by atoms with E-state index in [-0.39, 0.29) is 34.8 Å². The smallest absolute Gasteiger partial charge is 0.422 e. The standard InChI is InChI=1S/C27H25F3N2O6/c1-36-24-13-19(6-9-23(24)37-15-27(28,29)30)26(35)38-22-7-3-16(4-8-22)10-18(25(33)34)5-2-17-11-20(31)14-21(32)12-17/h3-4,6-14H,2,5,15,31-32H2,1H3,(H,33,34). The van der Waals surface area contributed by atoms with Crippen LogP contribution < -0.4 is 25.7 Å². The monoisotopic (exact) mass is 530 g/mol. The Morgan fingerprint density at radius 3 is 2.18 bits per heavy atom. The van der Waals surface area contributed by atoms with Gasteiger partial charge in [-0.3, -0.25) is 0 Å². The Morgan fingerprint density at radius 2 is 1.61 bits per heavy atom. The van der Waals surface area contributed by atoms with Gasteiger partial charge < -0.3 is 30.8 Å². The number of carboxylic acids is 1. The molecule has 0 atom stereocenters. The van der Waals surface area contributed by atoms with Crippen LogP contribution in [0.15, 0.2) is 66.2 Å². The van der Waals surface area contributed by atoms with E-state index in [0.717, 1.165) is 5.56 Å². The summed E-state index contributed by atoms with van der Waals surface area (Å²) in [6, 6.07) is 14.9. The van der Waals surface area contributed by atoms with Gasteiger partial charge in [-0.1, -0.05) is 12.1 Å². The third-order valence-corrected chi connectivity index (χ3v) is 5.22. The molecule has 8 nitrogen and oxygen atoms in total. The summed E-state index contributed by atoms with van der Waals surface area (Å²) in [5.74, 6) is -1.91. The topological polar surface area (TPSA) is 134 Å². The van der Waals surface area contributed by atoms with E-state index in [1.807, 2.05) is 0 Å². The van der Waals surface area contributed by atoms with Crippen LogP contribution in [-0.2, 0) is 11.2 Å². The second kappa shape index (κ2) is 12.0. The van der Waals surface area contributed by atoms with Gasteiger partial charge in [-0.2, -0.15) is 13.2 Å². The van der Waals surface area contributed by atoms with Crippen LogP contribution in [0, 0.1) is 0 Å². The third kappa shape index (κ3) is 8.19. The zero-order valence-corrected chi connectivity index (χ0v) is 20.2. The summed E-state index contributed by atoms with van der Waals surface area (Å²) >= 11 is 0. The Hall–Kier alpha value is -4.67. The number of hydrogen-bond acceptors (Lipinski definition) is 7. The Bertz CT molecular complexity index is 1320. The number of esters is 1. The molecule has 0 fully saturated rings. The number of nitrogens with two attached hydrogens (primary N) is 2. The van der Waals surface area contributed by atoms with Crippen molar-refractivity contribution in [1.82, 2.24) is 0 Å². The average Bonchev–Trinajstić information content (AvgIpc) is 2.85. The summed E-state index contributed by atoms with van der Waals surface area (Å²) in [6.45, 7) is -1.51. The molecule has 0 radical (unpaired) electrons. The predicted octanol–water partition coefficient (Wildman–Crippen LogP) is 5.12. The number of carbonyl (C=O) groups is 2. The maximum atomic E-state index is 12.5. The van der Waals surface area contributed by atoms with Crippen LogP contribution in [0.4, 0.5) is 24.5 Å². The Labute approximate surface area is 216 Å². The molecule has 0 aliphatic heterocycles. The highest BCUT2D eigenvalue weighted by atomic mass is 19.4. The van der Waals surface area contributed by atoms with Crippen LogP contribution in [0.1, 0.15) is 27.9 Å². The molecule has 0 aliphatic rings. The van der Waals surface area contributed by atoms with Gasteiger partial charge in [-0.25, -0.2) is 9.59 Å². The summed E-state index contributed by atoms with van der Waals surface area (Å²) in [6.07, 6.45) is -2.36. The van der Waals surface area contributed by atoms with E-state index in [1.165, 1.54) is 43.5 Å². The van der Waals surface area contributed by atoms with Crippen LogP contribution in [0.25, 0.3) is 6.08 Å². The second-order valence-electron chi connectivity index (χ2n) is 8.21. The number of aliphatic carboxylic acids is 1. The van der Waals surface area contributed by atoms with E-state index in [9.17, 15) is 27.9 Å². The minimum atomic E-state index is -4.53. The first-order valence-corrected chi connectivity index (χ1v) is 11.2. The molecule has 0 spiro atoms. The van der Waals surface area contributed by atoms with Crippen LogP contribution in [-0.4, -0.2) is 36.9 Å². The maximum absolute atomic E-state index is 12.5. The van der Waals surface area contributed by atoms with Crippen molar-refractivity contribution in [1.29, 1.82) is 0 Å². The number of ether oxygens (including phenoxy) is 3. The van der Waals surface area contributed by atoms with E-state index < -0.39 is 24.7 Å². The molecule has 11 heteroatoms. The molecule has 0 amide bonds. The molecule has 0 aliphatic carbocycles. The zero-order valence-electron chi connectivity index (χ0n) is 20.2. The lowest BCUT2D eigenvalue weighted by atomic mass is 10.0. The Balaban J connectivity index is 1.67. The minimum Gasteiger partial charge on any atom is -0.493 e. The second-order valence-corrected chi connectivity index (χ2v) is 8.21. The SMILES string of the molecule is COc1cc(C(=O)Oc2ccc(C=C(CCc3cc(N)cc(N)c3)C(=O)O)cc2)ccc1OCC(F)(F)F. The van der Waals surface area contributed by atoms with Gasteiger partial charge in [0.15, 0.2) is 18.1 Å². The number of anilines is 2. The largest absolute Gasteiger partial charge is 0.493 e. The molecule has 0 aromatic heterocycles. The number of alkyl halides is 3. The zero-order chi connectivity index (χ0) is 27.9. The fourth-order valence-corrected chi connectivity index (χ4v) is 3.48. The number of carboxylic acid groups (broad SMARTS) is 1. The van der Waals surface area contributed by atoms with Crippen LogP contribution in [0.2, 0.25) is 0 Å². The summed E-state index contributed by atoms with van der Waals surface area (Å²) in [5.41, 5.74) is 14.1. The normalized spacial score (nSPS) is 11.6. The maximum Gasteiger partial charge on any atom is 0.422 e. The number of hydrogen-bond donors (Lipinski definition) is 3. The number of nitrogen functional groups attached to an aromatic ring is 2. The fraction of sp³-hybridized carbons (Fsp3) is 0.185. The molecule has 0 bridgehead atoms. The van der Waals surface area contributed by atoms with Crippen molar-refractivity contribution in [3.63, 3.8) is 0 Å². The van der Waals surface area contributed by atoms with Crippen molar-refractivity contribution in [3.05, 3.63) is 82.9 Å². The van der Waals surface area contributed by atoms with E-state index in [0.29, 0.717) is 23.4 Å². The number of aryl methyl sites for hydroxylation is 1. The fourth-order valence-electron chi connectivity index (χ4n) is 3.48. The van der Waals surface area contributed by atoms with E-state index in [1.54, 1.807) is 30.3 Å². The van der Waals surface area contributed by atoms with Gasteiger partial charge in [-0.15, -0.1) is 0 Å². The Kier molecular flexibility index (Phi) is 8.85. The molecule has 0 heterocycles. The molecular formula is C27H25F3N2O6. The number of halogens is 3. The highest BCUT2D eigenvalue weighted by molar-refractivity contribution is 5.93. The van der Waals surface area contributed by atoms with Crippen molar-refractivity contribution in [3.8, 4) is 17.2 Å². The molecule has 0 saturated heterocycles. The highest BCUT2D eigenvalue weighted by Gasteiger charge is 2.29. The van der Waals surface area contributed by atoms with Gasteiger partial charge >= 0.3 is 18.1 Å². The van der Waals surface area contributed by atoms with Crippen molar-refractivity contribution in [2.45, 2.75) is 19.0 Å². The van der Waals surface area contributed by atoms with Gasteiger partial charge in [0.05, 0.1) is 12.7 Å². The third-order valence-electron chi connectivity index (χ3n) is 5.22. The van der Waals surface area contributed by atoms with Gasteiger partial charge in [0.2, 0.25) is 0 Å². The van der Waals surface area contributed by atoms with Crippen molar-refractivity contribution in [2.75, 3.05) is 25.2 Å². The molecule has 3 aromatic carbocycles. The molecule has 0 unspecified atom stereocenters. The molecule has 38 heavy (non-hydrogen) atoms. The quantitative estimate of drug-likeness (QED) is 0.142. The van der Waals surface area contributed by atoms with Gasteiger partial charge in [-0.05, 0) is 78.6 Å². The lowest BCUT2D eigenvalue weighted by molar-refractivity contribution is -0.153. The molecule has 200 valence electrons. The first-order valence-electron chi connectivity index (χ1n) is 11.2. The number of carbonyl (C=O) groups excluding carboxylic acids is 1. The minimum absolute atomic E-state index is 0.0283. The first-order chi connectivity index (χ1) is 17.9. The Morgan fingerprint density at radius 1 is 0.947 bits per heavy atom. The molecular weight excluding hydrogens is 505 g/mol. The molecule has 0 saturated carbocycles. The first kappa shape index (κ1) is 27.9. The predicted molar refractivity (Wildman–Crippen MR) is 135 cm³/mol. The number of methoxy groups -OCH3 is 1. The van der Waals surface area contributed by atoms with E-state index in [2.05, 4.69) is 0 Å². The van der Waals surface area contributed by atoms with Crippen molar-refractivity contribution >= 4 is 29.4 Å². The number of benzene rings is 3. The lowest BCUT2D eigenvalue weighted by Gasteiger charge is -2.13. The summed E-state index contributed by atoms with van der Waals surface area (Å²) in [4.78, 5) is 24.3. The van der Waals surface area contributed by atoms with Gasteiger partial charge in [0.1, 0.15) is 5.75 Å². The van der Waals surface area contributed by atoms with Gasteiger partial charge in [0.25, 0.3) is 0 Å². The van der Waals surface area contributed by atoms with E-state index >= 15 is 0 Å².